The number of aromatic nitrogens is 6. The predicted molar refractivity (Wildman–Crippen MR) is 88.5 cm³/mol. The van der Waals surface area contributed by atoms with Gasteiger partial charge in [-0.2, -0.15) is 14.6 Å². The molecule has 0 amide bonds. The van der Waals surface area contributed by atoms with Gasteiger partial charge in [0.2, 0.25) is 11.8 Å². The number of nitrogens with two attached hydrogens (primary N) is 1. The minimum absolute atomic E-state index is 0.0565. The van der Waals surface area contributed by atoms with Crippen molar-refractivity contribution >= 4 is 11.6 Å². The number of nitrogen functional groups attached to an aromatic ring is 1. The molecule has 0 aromatic carbocycles. The Bertz CT molecular complexity index is 840. The van der Waals surface area contributed by atoms with Gasteiger partial charge in [0.1, 0.15) is 11.9 Å². The van der Waals surface area contributed by atoms with E-state index in [0.29, 0.717) is 23.8 Å². The van der Waals surface area contributed by atoms with Crippen LogP contribution in [-0.4, -0.2) is 42.1 Å². The monoisotopic (exact) mass is 331 g/mol. The molecule has 3 aromatic heterocycles. The summed E-state index contributed by atoms with van der Waals surface area (Å²) in [7, 11) is 0. The SMILES string of the molecule is CCOC(C)n1cc(-c2ncc3nc(N)nn3c2OC(C)C)cn1. The Morgan fingerprint density at radius 1 is 1.25 bits per heavy atom. The summed E-state index contributed by atoms with van der Waals surface area (Å²) in [4.78, 5) is 8.58. The molecular formula is C15H21N7O2. The highest BCUT2D eigenvalue weighted by molar-refractivity contribution is 5.65. The van der Waals surface area contributed by atoms with Crippen LogP contribution in [0.4, 0.5) is 5.95 Å². The molecule has 0 radical (unpaired) electrons. The van der Waals surface area contributed by atoms with Gasteiger partial charge in [0.15, 0.2) is 5.65 Å². The van der Waals surface area contributed by atoms with Crippen LogP contribution in [0.3, 0.4) is 0 Å². The summed E-state index contributed by atoms with van der Waals surface area (Å²) in [6.45, 7) is 8.36. The Kier molecular flexibility index (Phi) is 4.34. The second-order valence-electron chi connectivity index (χ2n) is 5.58. The number of ether oxygens (including phenoxy) is 2. The zero-order chi connectivity index (χ0) is 17.3. The third-order valence-electron chi connectivity index (χ3n) is 3.36. The largest absolute Gasteiger partial charge is 0.473 e. The van der Waals surface area contributed by atoms with Crippen molar-refractivity contribution in [3.05, 3.63) is 18.6 Å². The van der Waals surface area contributed by atoms with Gasteiger partial charge in [0, 0.05) is 18.4 Å². The van der Waals surface area contributed by atoms with E-state index >= 15 is 0 Å². The standard InChI is InChI=1S/C15H21N7O2/c1-5-23-10(4)21-8-11(6-18-21)13-14(24-9(2)3)22-12(7-17-13)19-15(16)20-22/h6-10H,5H2,1-4H3,(H2,16,20). The highest BCUT2D eigenvalue weighted by atomic mass is 16.5. The van der Waals surface area contributed by atoms with Gasteiger partial charge in [-0.05, 0) is 27.7 Å². The van der Waals surface area contributed by atoms with Crippen LogP contribution in [0.2, 0.25) is 0 Å². The Labute approximate surface area is 139 Å². The summed E-state index contributed by atoms with van der Waals surface area (Å²) in [5, 5.41) is 8.53. The zero-order valence-electron chi connectivity index (χ0n) is 14.2. The normalized spacial score (nSPS) is 12.9. The van der Waals surface area contributed by atoms with Gasteiger partial charge in [-0.25, -0.2) is 9.67 Å². The van der Waals surface area contributed by atoms with Crippen molar-refractivity contribution in [1.82, 2.24) is 29.4 Å². The van der Waals surface area contributed by atoms with Crippen molar-refractivity contribution in [2.45, 2.75) is 40.0 Å². The minimum Gasteiger partial charge on any atom is -0.473 e. The van der Waals surface area contributed by atoms with E-state index in [9.17, 15) is 0 Å². The van der Waals surface area contributed by atoms with Crippen LogP contribution < -0.4 is 10.5 Å². The molecule has 0 spiro atoms. The molecule has 9 heteroatoms. The molecule has 1 atom stereocenters. The first kappa shape index (κ1) is 16.2. The van der Waals surface area contributed by atoms with Gasteiger partial charge in [-0.15, -0.1) is 5.10 Å². The van der Waals surface area contributed by atoms with E-state index in [1.54, 1.807) is 21.6 Å². The van der Waals surface area contributed by atoms with Crippen molar-refractivity contribution in [3.8, 4) is 17.1 Å². The first-order chi connectivity index (χ1) is 11.5. The zero-order valence-corrected chi connectivity index (χ0v) is 14.2. The summed E-state index contributed by atoms with van der Waals surface area (Å²) in [6, 6.07) is 0. The van der Waals surface area contributed by atoms with Gasteiger partial charge < -0.3 is 15.2 Å². The van der Waals surface area contributed by atoms with Crippen molar-refractivity contribution in [3.63, 3.8) is 0 Å². The van der Waals surface area contributed by atoms with Crippen LogP contribution >= 0.6 is 0 Å². The van der Waals surface area contributed by atoms with Gasteiger partial charge >= 0.3 is 0 Å². The second kappa shape index (κ2) is 6.44. The maximum atomic E-state index is 5.92. The molecule has 3 heterocycles. The molecule has 1 unspecified atom stereocenters. The lowest BCUT2D eigenvalue weighted by Gasteiger charge is -2.13. The molecule has 24 heavy (non-hydrogen) atoms. The number of nitrogens with zero attached hydrogens (tertiary/aromatic N) is 6. The number of hydrogen-bond acceptors (Lipinski definition) is 7. The average Bonchev–Trinajstić information content (AvgIpc) is 3.13. The summed E-state index contributed by atoms with van der Waals surface area (Å²) < 4.78 is 14.8. The van der Waals surface area contributed by atoms with Crippen molar-refractivity contribution in [2.24, 2.45) is 0 Å². The number of fused-ring (bicyclic) bond motifs is 1. The molecule has 0 saturated heterocycles. The molecule has 128 valence electrons. The van der Waals surface area contributed by atoms with E-state index in [4.69, 9.17) is 15.2 Å². The molecule has 0 fully saturated rings. The lowest BCUT2D eigenvalue weighted by Crippen LogP contribution is -2.11. The fourth-order valence-corrected chi connectivity index (χ4v) is 2.36. The summed E-state index contributed by atoms with van der Waals surface area (Å²) in [5.41, 5.74) is 7.65. The molecule has 9 nitrogen and oxygen atoms in total. The molecule has 3 aromatic rings. The van der Waals surface area contributed by atoms with Crippen molar-refractivity contribution in [1.29, 1.82) is 0 Å². The van der Waals surface area contributed by atoms with Crippen LogP contribution in [0.5, 0.6) is 5.88 Å². The van der Waals surface area contributed by atoms with Gasteiger partial charge in [0.25, 0.3) is 0 Å². The first-order valence-electron chi connectivity index (χ1n) is 7.83. The fourth-order valence-electron chi connectivity index (χ4n) is 2.36. The van der Waals surface area contributed by atoms with E-state index in [2.05, 4.69) is 20.2 Å². The molecule has 0 aliphatic heterocycles. The van der Waals surface area contributed by atoms with Gasteiger partial charge in [0.05, 0.1) is 18.5 Å². The summed E-state index contributed by atoms with van der Waals surface area (Å²) in [6.07, 6.45) is 4.97. The first-order valence-corrected chi connectivity index (χ1v) is 7.83. The molecule has 0 bridgehead atoms. The second-order valence-corrected chi connectivity index (χ2v) is 5.58. The molecule has 2 N–H and O–H groups in total. The molecule has 0 saturated carbocycles. The number of hydrogen-bond donors (Lipinski definition) is 1. The van der Waals surface area contributed by atoms with Crippen LogP contribution in [0.25, 0.3) is 16.9 Å². The topological polar surface area (TPSA) is 105 Å². The lowest BCUT2D eigenvalue weighted by molar-refractivity contribution is 0.0160. The van der Waals surface area contributed by atoms with Gasteiger partial charge in [-0.3, -0.25) is 0 Å². The highest BCUT2D eigenvalue weighted by Crippen LogP contribution is 2.29. The van der Waals surface area contributed by atoms with Crippen LogP contribution in [-0.2, 0) is 4.74 Å². The summed E-state index contributed by atoms with van der Waals surface area (Å²) in [5.74, 6) is 0.651. The van der Waals surface area contributed by atoms with Crippen LogP contribution in [0, 0.1) is 0 Å². The molecule has 3 rings (SSSR count). The van der Waals surface area contributed by atoms with E-state index in [1.165, 1.54) is 0 Å². The average molecular weight is 331 g/mol. The van der Waals surface area contributed by atoms with Crippen molar-refractivity contribution in [2.75, 3.05) is 12.3 Å². The van der Waals surface area contributed by atoms with Crippen molar-refractivity contribution < 1.29 is 9.47 Å². The maximum absolute atomic E-state index is 5.92. The molecular weight excluding hydrogens is 310 g/mol. The number of anilines is 1. The number of rotatable bonds is 6. The molecule has 0 aliphatic rings. The third-order valence-corrected chi connectivity index (χ3v) is 3.36. The van der Waals surface area contributed by atoms with E-state index < -0.39 is 0 Å². The third kappa shape index (κ3) is 3.02. The van der Waals surface area contributed by atoms with E-state index in [1.807, 2.05) is 33.9 Å². The van der Waals surface area contributed by atoms with Crippen LogP contribution in [0.15, 0.2) is 18.6 Å². The maximum Gasteiger partial charge on any atom is 0.244 e. The Hall–Kier alpha value is -2.68. The Balaban J connectivity index is 2.08. The van der Waals surface area contributed by atoms with Crippen LogP contribution in [0.1, 0.15) is 33.9 Å². The van der Waals surface area contributed by atoms with Gasteiger partial charge in [-0.1, -0.05) is 0 Å². The minimum atomic E-state index is -0.163. The fraction of sp³-hybridized carbons (Fsp3) is 0.467. The summed E-state index contributed by atoms with van der Waals surface area (Å²) >= 11 is 0. The smallest absolute Gasteiger partial charge is 0.244 e. The predicted octanol–water partition coefficient (Wildman–Crippen LogP) is 1.91. The molecule has 0 aliphatic carbocycles. The van der Waals surface area contributed by atoms with E-state index in [0.717, 1.165) is 5.56 Å². The quantitative estimate of drug-likeness (QED) is 0.735. The van der Waals surface area contributed by atoms with E-state index in [-0.39, 0.29) is 18.3 Å². The lowest BCUT2D eigenvalue weighted by atomic mass is 10.2. The highest BCUT2D eigenvalue weighted by Gasteiger charge is 2.19. The Morgan fingerprint density at radius 2 is 2.04 bits per heavy atom. The Morgan fingerprint density at radius 3 is 2.75 bits per heavy atom.